The van der Waals surface area contributed by atoms with Crippen molar-refractivity contribution >= 4 is 23.1 Å². The van der Waals surface area contributed by atoms with Crippen LogP contribution in [0.2, 0.25) is 0 Å². The van der Waals surface area contributed by atoms with Crippen molar-refractivity contribution in [2.24, 2.45) is 0 Å². The maximum absolute atomic E-state index is 11.9. The highest BCUT2D eigenvalue weighted by Gasteiger charge is 2.05. The van der Waals surface area contributed by atoms with Crippen LogP contribution >= 0.6 is 0 Å². The third kappa shape index (κ3) is 3.79. The van der Waals surface area contributed by atoms with Gasteiger partial charge in [-0.05, 0) is 36.4 Å². The second-order valence-corrected chi connectivity index (χ2v) is 4.26. The van der Waals surface area contributed by atoms with Gasteiger partial charge in [-0.3, -0.25) is 0 Å². The maximum Gasteiger partial charge on any atom is 0.323 e. The number of rotatable bonds is 4. The number of hydrogen-bond acceptors (Lipinski definition) is 4. The zero-order chi connectivity index (χ0) is 15.2. The summed E-state index contributed by atoms with van der Waals surface area (Å²) in [6.07, 6.45) is 0. The Labute approximate surface area is 122 Å². The van der Waals surface area contributed by atoms with E-state index in [9.17, 15) is 4.79 Å². The average Bonchev–Trinajstić information content (AvgIpc) is 2.50. The molecule has 4 N–H and O–H groups in total. The lowest BCUT2D eigenvalue weighted by Gasteiger charge is -2.10. The molecular formula is C15H17N3O3. The van der Waals surface area contributed by atoms with Crippen molar-refractivity contribution in [3.05, 3.63) is 42.5 Å². The number of carbonyl (C=O) groups excluding carboxylic acids is 1. The summed E-state index contributed by atoms with van der Waals surface area (Å²) < 4.78 is 10.2. The average molecular weight is 287 g/mol. The predicted molar refractivity (Wildman–Crippen MR) is 83.0 cm³/mol. The highest BCUT2D eigenvalue weighted by Crippen LogP contribution is 2.25. The zero-order valence-corrected chi connectivity index (χ0v) is 11.8. The number of hydrogen-bond donors (Lipinski definition) is 3. The third-order valence-electron chi connectivity index (χ3n) is 2.84. The normalized spacial score (nSPS) is 9.81. The molecular weight excluding hydrogens is 270 g/mol. The summed E-state index contributed by atoms with van der Waals surface area (Å²) in [6, 6.07) is 11.7. The number of nitrogens with two attached hydrogens (primary N) is 1. The minimum absolute atomic E-state index is 0.355. The summed E-state index contributed by atoms with van der Waals surface area (Å²) in [4.78, 5) is 11.9. The van der Waals surface area contributed by atoms with E-state index < -0.39 is 0 Å². The van der Waals surface area contributed by atoms with Gasteiger partial charge in [0.2, 0.25) is 0 Å². The SMILES string of the molecule is COc1ccc(NC(=O)Nc2ccc(N)c(OC)c2)cc1. The van der Waals surface area contributed by atoms with Crippen molar-refractivity contribution < 1.29 is 14.3 Å². The Bertz CT molecular complexity index is 627. The van der Waals surface area contributed by atoms with Crippen molar-refractivity contribution in [1.29, 1.82) is 0 Å². The number of nitrogens with one attached hydrogen (secondary N) is 2. The molecule has 0 saturated heterocycles. The van der Waals surface area contributed by atoms with Crippen molar-refractivity contribution in [1.82, 2.24) is 0 Å². The van der Waals surface area contributed by atoms with Crippen molar-refractivity contribution in [3.8, 4) is 11.5 Å². The Morgan fingerprint density at radius 1 is 0.952 bits per heavy atom. The minimum atomic E-state index is -0.355. The fourth-order valence-electron chi connectivity index (χ4n) is 1.76. The Morgan fingerprint density at radius 2 is 1.57 bits per heavy atom. The van der Waals surface area contributed by atoms with Crippen molar-refractivity contribution in [2.75, 3.05) is 30.6 Å². The van der Waals surface area contributed by atoms with Gasteiger partial charge >= 0.3 is 6.03 Å². The Hall–Kier alpha value is -2.89. The van der Waals surface area contributed by atoms with Gasteiger partial charge in [-0.15, -0.1) is 0 Å². The molecule has 0 unspecified atom stereocenters. The fraction of sp³-hybridized carbons (Fsp3) is 0.133. The lowest BCUT2D eigenvalue weighted by Crippen LogP contribution is -2.19. The highest BCUT2D eigenvalue weighted by atomic mass is 16.5. The lowest BCUT2D eigenvalue weighted by atomic mass is 10.2. The number of ether oxygens (including phenoxy) is 2. The largest absolute Gasteiger partial charge is 0.497 e. The molecule has 0 atom stereocenters. The van der Waals surface area contributed by atoms with E-state index in [0.29, 0.717) is 22.8 Å². The highest BCUT2D eigenvalue weighted by molar-refractivity contribution is 6.00. The van der Waals surface area contributed by atoms with Crippen molar-refractivity contribution in [3.63, 3.8) is 0 Å². The van der Waals surface area contributed by atoms with E-state index in [1.807, 2.05) is 0 Å². The van der Waals surface area contributed by atoms with Crippen LogP contribution in [0, 0.1) is 0 Å². The third-order valence-corrected chi connectivity index (χ3v) is 2.84. The van der Waals surface area contributed by atoms with Gasteiger partial charge in [0.1, 0.15) is 11.5 Å². The topological polar surface area (TPSA) is 85.6 Å². The molecule has 0 fully saturated rings. The predicted octanol–water partition coefficient (Wildman–Crippen LogP) is 2.93. The van der Waals surface area contributed by atoms with E-state index in [0.717, 1.165) is 5.75 Å². The van der Waals surface area contributed by atoms with E-state index in [1.165, 1.54) is 7.11 Å². The van der Waals surface area contributed by atoms with Crippen LogP contribution in [0.5, 0.6) is 11.5 Å². The summed E-state index contributed by atoms with van der Waals surface area (Å²) in [5.74, 6) is 1.24. The molecule has 0 saturated carbocycles. The molecule has 6 heteroatoms. The molecule has 0 radical (unpaired) electrons. The fourth-order valence-corrected chi connectivity index (χ4v) is 1.76. The first-order chi connectivity index (χ1) is 10.1. The number of urea groups is 1. The number of benzene rings is 2. The van der Waals surface area contributed by atoms with Crippen molar-refractivity contribution in [2.45, 2.75) is 0 Å². The molecule has 2 amide bonds. The minimum Gasteiger partial charge on any atom is -0.497 e. The van der Waals surface area contributed by atoms with E-state index in [-0.39, 0.29) is 6.03 Å². The van der Waals surface area contributed by atoms with E-state index in [2.05, 4.69) is 10.6 Å². The molecule has 6 nitrogen and oxygen atoms in total. The van der Waals surface area contributed by atoms with E-state index in [1.54, 1.807) is 49.6 Å². The Balaban J connectivity index is 2.00. The second kappa shape index (κ2) is 6.51. The van der Waals surface area contributed by atoms with Crippen LogP contribution in [0.4, 0.5) is 21.9 Å². The monoisotopic (exact) mass is 287 g/mol. The first-order valence-electron chi connectivity index (χ1n) is 6.28. The number of amides is 2. The zero-order valence-electron chi connectivity index (χ0n) is 11.8. The molecule has 0 spiro atoms. The molecule has 0 aromatic heterocycles. The summed E-state index contributed by atoms with van der Waals surface area (Å²) in [7, 11) is 3.11. The number of methoxy groups -OCH3 is 2. The molecule has 110 valence electrons. The van der Waals surface area contributed by atoms with Crippen LogP contribution in [0.25, 0.3) is 0 Å². The molecule has 2 rings (SSSR count). The maximum atomic E-state index is 11.9. The summed E-state index contributed by atoms with van der Waals surface area (Å²) in [6.45, 7) is 0. The molecule has 0 heterocycles. The van der Waals surface area contributed by atoms with Gasteiger partial charge in [0.25, 0.3) is 0 Å². The van der Waals surface area contributed by atoms with Crippen LogP contribution < -0.4 is 25.8 Å². The van der Waals surface area contributed by atoms with E-state index >= 15 is 0 Å². The second-order valence-electron chi connectivity index (χ2n) is 4.26. The van der Waals surface area contributed by atoms with Gasteiger partial charge in [0.15, 0.2) is 0 Å². The number of carbonyl (C=O) groups is 1. The smallest absolute Gasteiger partial charge is 0.323 e. The Morgan fingerprint density at radius 3 is 2.19 bits per heavy atom. The quantitative estimate of drug-likeness (QED) is 0.755. The lowest BCUT2D eigenvalue weighted by molar-refractivity contribution is 0.262. The van der Waals surface area contributed by atoms with Gasteiger partial charge in [-0.1, -0.05) is 0 Å². The molecule has 2 aromatic carbocycles. The molecule has 2 aromatic rings. The van der Waals surface area contributed by atoms with Crippen LogP contribution in [-0.2, 0) is 0 Å². The molecule has 0 bridgehead atoms. The number of anilines is 3. The number of nitrogen functional groups attached to an aromatic ring is 1. The van der Waals surface area contributed by atoms with Crippen LogP contribution in [0.15, 0.2) is 42.5 Å². The van der Waals surface area contributed by atoms with Crippen LogP contribution in [0.1, 0.15) is 0 Å². The molecule has 21 heavy (non-hydrogen) atoms. The summed E-state index contributed by atoms with van der Waals surface area (Å²) >= 11 is 0. The summed E-state index contributed by atoms with van der Waals surface area (Å²) in [5.41, 5.74) is 7.48. The van der Waals surface area contributed by atoms with Gasteiger partial charge in [-0.25, -0.2) is 4.79 Å². The van der Waals surface area contributed by atoms with Gasteiger partial charge in [-0.2, -0.15) is 0 Å². The van der Waals surface area contributed by atoms with Gasteiger partial charge in [0.05, 0.1) is 19.9 Å². The first kappa shape index (κ1) is 14.5. The summed E-state index contributed by atoms with van der Waals surface area (Å²) in [5, 5.41) is 5.42. The van der Waals surface area contributed by atoms with Crippen LogP contribution in [0.3, 0.4) is 0 Å². The molecule has 0 aliphatic carbocycles. The van der Waals surface area contributed by atoms with Crippen LogP contribution in [-0.4, -0.2) is 20.3 Å². The molecule has 0 aliphatic rings. The van der Waals surface area contributed by atoms with Gasteiger partial charge in [0, 0.05) is 17.4 Å². The Kier molecular flexibility index (Phi) is 4.50. The molecule has 0 aliphatic heterocycles. The van der Waals surface area contributed by atoms with E-state index in [4.69, 9.17) is 15.2 Å². The standard InChI is InChI=1S/C15H17N3O3/c1-20-12-6-3-10(4-7-12)17-15(19)18-11-5-8-13(16)14(9-11)21-2/h3-9H,16H2,1-2H3,(H2,17,18,19). The van der Waals surface area contributed by atoms with Gasteiger partial charge < -0.3 is 25.8 Å². The first-order valence-corrected chi connectivity index (χ1v) is 6.28.